The minimum Gasteiger partial charge on any atom is -0.490 e. The highest BCUT2D eigenvalue weighted by Crippen LogP contribution is 2.40. The van der Waals surface area contributed by atoms with E-state index in [1.807, 2.05) is 45.2 Å². The zero-order valence-electron chi connectivity index (χ0n) is 17.5. The molecular formula is C23H33N3O2. The number of hydrogen-bond donors (Lipinski definition) is 1. The monoisotopic (exact) mass is 383 g/mol. The molecule has 3 heterocycles. The van der Waals surface area contributed by atoms with Crippen molar-refractivity contribution in [2.75, 3.05) is 0 Å². The lowest BCUT2D eigenvalue weighted by molar-refractivity contribution is 0.0685. The fourth-order valence-corrected chi connectivity index (χ4v) is 4.50. The molecule has 5 nitrogen and oxygen atoms in total. The normalized spacial score (nSPS) is 28.3. The molecule has 0 radical (unpaired) electrons. The standard InChI is InChI=1S/C21H27N3O2.C2H6/c1-13-3-7-20(19(9-13)14(2)25)26-18-10-16-5-6-17(11-18)24(16)21-8-4-15(22)12-23-21;1-2/h3,7-9,12,15-18H,4-6,10-11,22H2,1-2H3;1-2H3/t15-,16?,17?,18?;/m0./s1. The van der Waals surface area contributed by atoms with Gasteiger partial charge in [-0.2, -0.15) is 0 Å². The number of carbonyl (C=O) groups excluding carboxylic acids is 1. The number of rotatable bonds is 4. The minimum absolute atomic E-state index is 0.0452. The van der Waals surface area contributed by atoms with Crippen LogP contribution in [0.25, 0.3) is 0 Å². The Morgan fingerprint density at radius 1 is 1.21 bits per heavy atom. The topological polar surface area (TPSA) is 67.9 Å². The van der Waals surface area contributed by atoms with Crippen LogP contribution in [0.15, 0.2) is 35.1 Å². The van der Waals surface area contributed by atoms with E-state index >= 15 is 0 Å². The lowest BCUT2D eigenvalue weighted by Gasteiger charge is -2.41. The number of aliphatic imine (C=N–C) groups is 1. The summed E-state index contributed by atoms with van der Waals surface area (Å²) in [6.45, 7) is 7.60. The molecule has 2 bridgehead atoms. The van der Waals surface area contributed by atoms with E-state index in [9.17, 15) is 4.79 Å². The number of fused-ring (bicyclic) bond motifs is 2. The van der Waals surface area contributed by atoms with E-state index in [0.717, 1.165) is 36.4 Å². The van der Waals surface area contributed by atoms with Crippen LogP contribution in [0.3, 0.4) is 0 Å². The molecule has 0 aliphatic carbocycles. The summed E-state index contributed by atoms with van der Waals surface area (Å²) in [5.74, 6) is 1.86. The highest BCUT2D eigenvalue weighted by atomic mass is 16.5. The molecule has 2 fully saturated rings. The molecular weight excluding hydrogens is 350 g/mol. The van der Waals surface area contributed by atoms with Crippen LogP contribution in [0, 0.1) is 6.92 Å². The second kappa shape index (κ2) is 8.91. The second-order valence-corrected chi connectivity index (χ2v) is 7.80. The van der Waals surface area contributed by atoms with Crippen LogP contribution in [0.2, 0.25) is 0 Å². The number of hydrogen-bond acceptors (Lipinski definition) is 5. The van der Waals surface area contributed by atoms with Crippen molar-refractivity contribution in [1.82, 2.24) is 4.90 Å². The van der Waals surface area contributed by atoms with E-state index in [0.29, 0.717) is 17.6 Å². The summed E-state index contributed by atoms with van der Waals surface area (Å²) in [5.41, 5.74) is 7.68. The van der Waals surface area contributed by atoms with E-state index < -0.39 is 0 Å². The lowest BCUT2D eigenvalue weighted by Crippen LogP contribution is -2.46. The first-order chi connectivity index (χ1) is 13.5. The van der Waals surface area contributed by atoms with Crippen molar-refractivity contribution in [3.8, 4) is 5.75 Å². The quantitative estimate of drug-likeness (QED) is 0.790. The fourth-order valence-electron chi connectivity index (χ4n) is 4.50. The van der Waals surface area contributed by atoms with E-state index in [4.69, 9.17) is 10.5 Å². The number of ether oxygens (including phenoxy) is 1. The molecule has 152 valence electrons. The van der Waals surface area contributed by atoms with Crippen molar-refractivity contribution in [1.29, 1.82) is 0 Å². The first kappa shape index (κ1) is 20.6. The van der Waals surface area contributed by atoms with Gasteiger partial charge in [-0.05, 0) is 51.3 Å². The smallest absolute Gasteiger partial charge is 0.163 e. The fraction of sp³-hybridized carbons (Fsp3) is 0.565. The molecule has 28 heavy (non-hydrogen) atoms. The number of benzene rings is 1. The Hall–Kier alpha value is -2.14. The molecule has 2 unspecified atom stereocenters. The Morgan fingerprint density at radius 3 is 2.46 bits per heavy atom. The summed E-state index contributed by atoms with van der Waals surface area (Å²) >= 11 is 0. The highest BCUT2D eigenvalue weighted by molar-refractivity contribution is 5.97. The molecule has 2 saturated heterocycles. The van der Waals surface area contributed by atoms with Gasteiger partial charge in [-0.15, -0.1) is 0 Å². The molecule has 2 N–H and O–H groups in total. The van der Waals surface area contributed by atoms with Crippen molar-refractivity contribution >= 4 is 12.0 Å². The maximum atomic E-state index is 12.0. The van der Waals surface area contributed by atoms with E-state index in [1.54, 1.807) is 6.92 Å². The molecule has 1 aromatic carbocycles. The van der Waals surface area contributed by atoms with Crippen molar-refractivity contribution < 1.29 is 9.53 Å². The van der Waals surface area contributed by atoms with Gasteiger partial charge in [0.05, 0.1) is 5.56 Å². The number of carbonyl (C=O) groups is 1. The molecule has 1 aromatic rings. The van der Waals surface area contributed by atoms with Crippen LogP contribution in [0.5, 0.6) is 5.75 Å². The van der Waals surface area contributed by atoms with Gasteiger partial charge < -0.3 is 15.4 Å². The molecule has 3 aliphatic heterocycles. The maximum Gasteiger partial charge on any atom is 0.163 e. The minimum atomic E-state index is 0.0452. The van der Waals surface area contributed by atoms with E-state index in [-0.39, 0.29) is 17.9 Å². The van der Waals surface area contributed by atoms with Gasteiger partial charge in [0.1, 0.15) is 17.7 Å². The van der Waals surface area contributed by atoms with Crippen molar-refractivity contribution in [2.24, 2.45) is 10.7 Å². The number of ketones is 1. The van der Waals surface area contributed by atoms with Crippen LogP contribution < -0.4 is 10.5 Å². The number of nitrogens with two attached hydrogens (primary N) is 1. The van der Waals surface area contributed by atoms with Gasteiger partial charge in [0.15, 0.2) is 5.78 Å². The van der Waals surface area contributed by atoms with Gasteiger partial charge >= 0.3 is 0 Å². The summed E-state index contributed by atoms with van der Waals surface area (Å²) in [5, 5.41) is 0. The zero-order valence-corrected chi connectivity index (χ0v) is 17.5. The van der Waals surface area contributed by atoms with Gasteiger partial charge in [0.25, 0.3) is 0 Å². The van der Waals surface area contributed by atoms with Crippen LogP contribution in [-0.2, 0) is 0 Å². The average molecular weight is 384 g/mol. The Kier molecular flexibility index (Phi) is 6.55. The van der Waals surface area contributed by atoms with E-state index in [1.165, 1.54) is 12.8 Å². The Balaban J connectivity index is 0.00000109. The molecule has 5 heteroatoms. The van der Waals surface area contributed by atoms with Crippen LogP contribution in [-0.4, -0.2) is 41.1 Å². The maximum absolute atomic E-state index is 12.0. The first-order valence-electron chi connectivity index (χ1n) is 10.6. The van der Waals surface area contributed by atoms with Gasteiger partial charge in [0.2, 0.25) is 0 Å². The largest absolute Gasteiger partial charge is 0.490 e. The zero-order chi connectivity index (χ0) is 20.3. The second-order valence-electron chi connectivity index (χ2n) is 7.80. The molecule has 0 spiro atoms. The molecule has 3 aliphatic rings. The molecule has 0 saturated carbocycles. The molecule has 0 aromatic heterocycles. The first-order valence-corrected chi connectivity index (χ1v) is 10.6. The predicted molar refractivity (Wildman–Crippen MR) is 114 cm³/mol. The van der Waals surface area contributed by atoms with Crippen LogP contribution in [0.4, 0.5) is 0 Å². The Labute approximate surface area is 168 Å². The summed E-state index contributed by atoms with van der Waals surface area (Å²) in [7, 11) is 0. The molecule has 4 rings (SSSR count). The third-order valence-corrected chi connectivity index (χ3v) is 5.73. The lowest BCUT2D eigenvalue weighted by atomic mass is 9.98. The number of nitrogens with zero attached hydrogens (tertiary/aromatic N) is 2. The molecule has 0 amide bonds. The third-order valence-electron chi connectivity index (χ3n) is 5.73. The summed E-state index contributed by atoms with van der Waals surface area (Å²) in [4.78, 5) is 19.0. The SMILES string of the molecule is CC.CC(=O)c1cc(C)ccc1OC1CC2CCC(C1)N2C1=CC[C@H](N)C=N1. The van der Waals surface area contributed by atoms with E-state index in [2.05, 4.69) is 16.0 Å². The summed E-state index contributed by atoms with van der Waals surface area (Å²) in [6, 6.07) is 6.84. The summed E-state index contributed by atoms with van der Waals surface area (Å²) in [6.07, 6.45) is 9.35. The van der Waals surface area contributed by atoms with Gasteiger partial charge in [0, 0.05) is 37.2 Å². The van der Waals surface area contributed by atoms with Crippen molar-refractivity contribution in [2.45, 2.75) is 84.0 Å². The number of Topliss-reactive ketones (excluding diaryl/α,β-unsaturated/α-hetero) is 1. The van der Waals surface area contributed by atoms with Crippen LogP contribution >= 0.6 is 0 Å². The number of aryl methyl sites for hydroxylation is 1. The van der Waals surface area contributed by atoms with Crippen molar-refractivity contribution in [3.63, 3.8) is 0 Å². The molecule has 3 atom stereocenters. The highest BCUT2D eigenvalue weighted by Gasteiger charge is 2.43. The van der Waals surface area contributed by atoms with Gasteiger partial charge in [-0.1, -0.05) is 25.5 Å². The predicted octanol–water partition coefficient (Wildman–Crippen LogP) is 4.24. The Bertz CT molecular complexity index is 757. The van der Waals surface area contributed by atoms with Gasteiger partial charge in [-0.3, -0.25) is 4.79 Å². The van der Waals surface area contributed by atoms with Crippen molar-refractivity contribution in [3.05, 3.63) is 41.2 Å². The Morgan fingerprint density at radius 2 is 1.89 bits per heavy atom. The van der Waals surface area contributed by atoms with Gasteiger partial charge in [-0.25, -0.2) is 4.99 Å². The number of piperidine rings is 1. The van der Waals surface area contributed by atoms with Crippen LogP contribution in [0.1, 0.15) is 68.8 Å². The summed E-state index contributed by atoms with van der Waals surface area (Å²) < 4.78 is 6.31. The average Bonchev–Trinajstić information content (AvgIpc) is 2.96. The third kappa shape index (κ3) is 4.30.